The maximum atomic E-state index is 13.1. The SMILES string of the molecule is Cc1cc(CC(F)(F)C(F)F)c(CC(F)(F)F)c(C)n1. The van der Waals surface area contributed by atoms with E-state index >= 15 is 0 Å². The van der Waals surface area contributed by atoms with Crippen LogP contribution in [0.25, 0.3) is 0 Å². The lowest BCUT2D eigenvalue weighted by atomic mass is 9.97. The fraction of sp³-hybridized carbons (Fsp3) is 0.583. The topological polar surface area (TPSA) is 12.9 Å². The van der Waals surface area contributed by atoms with E-state index in [-0.39, 0.29) is 11.4 Å². The van der Waals surface area contributed by atoms with Crippen molar-refractivity contribution in [1.82, 2.24) is 4.98 Å². The van der Waals surface area contributed by atoms with E-state index < -0.39 is 42.5 Å². The molecule has 0 saturated heterocycles. The molecule has 0 unspecified atom stereocenters. The Balaban J connectivity index is 3.23. The number of hydrogen-bond donors (Lipinski definition) is 0. The van der Waals surface area contributed by atoms with Crippen molar-refractivity contribution in [3.63, 3.8) is 0 Å². The number of halogens is 7. The minimum atomic E-state index is -4.63. The van der Waals surface area contributed by atoms with E-state index in [4.69, 9.17) is 0 Å². The van der Waals surface area contributed by atoms with Gasteiger partial charge >= 0.3 is 18.5 Å². The average Bonchev–Trinajstić information content (AvgIpc) is 2.21. The van der Waals surface area contributed by atoms with E-state index in [9.17, 15) is 30.7 Å². The fourth-order valence-electron chi connectivity index (χ4n) is 1.87. The lowest BCUT2D eigenvalue weighted by Crippen LogP contribution is -2.30. The predicted octanol–water partition coefficient (Wildman–Crippen LogP) is 4.25. The van der Waals surface area contributed by atoms with Crippen LogP contribution in [0.5, 0.6) is 0 Å². The zero-order valence-corrected chi connectivity index (χ0v) is 10.7. The zero-order chi connectivity index (χ0) is 15.7. The van der Waals surface area contributed by atoms with Crippen LogP contribution in [0, 0.1) is 13.8 Å². The number of hydrogen-bond acceptors (Lipinski definition) is 1. The third-order valence-corrected chi connectivity index (χ3v) is 2.67. The lowest BCUT2D eigenvalue weighted by Gasteiger charge is -2.20. The first-order valence-electron chi connectivity index (χ1n) is 5.61. The summed E-state index contributed by atoms with van der Waals surface area (Å²) in [6, 6.07) is 0.990. The van der Waals surface area contributed by atoms with Crippen molar-refractivity contribution < 1.29 is 30.7 Å². The second-order valence-electron chi connectivity index (χ2n) is 4.52. The van der Waals surface area contributed by atoms with Crippen LogP contribution in [0.15, 0.2) is 6.07 Å². The first-order chi connectivity index (χ1) is 8.92. The molecule has 0 bridgehead atoms. The molecule has 114 valence electrons. The molecule has 0 N–H and O–H groups in total. The molecule has 0 spiro atoms. The third-order valence-electron chi connectivity index (χ3n) is 2.67. The van der Waals surface area contributed by atoms with Crippen LogP contribution in [0.3, 0.4) is 0 Å². The van der Waals surface area contributed by atoms with Crippen LogP contribution in [-0.4, -0.2) is 23.5 Å². The van der Waals surface area contributed by atoms with E-state index in [1.165, 1.54) is 13.8 Å². The molecule has 0 fully saturated rings. The van der Waals surface area contributed by atoms with Crippen molar-refractivity contribution in [2.24, 2.45) is 0 Å². The van der Waals surface area contributed by atoms with E-state index in [1.807, 2.05) is 0 Å². The summed E-state index contributed by atoms with van der Waals surface area (Å²) < 4.78 is 87.8. The van der Waals surface area contributed by atoms with Crippen molar-refractivity contribution >= 4 is 0 Å². The fourth-order valence-corrected chi connectivity index (χ4v) is 1.87. The van der Waals surface area contributed by atoms with Gasteiger partial charge in [-0.2, -0.15) is 22.0 Å². The highest BCUT2D eigenvalue weighted by Crippen LogP contribution is 2.32. The quantitative estimate of drug-likeness (QED) is 0.758. The number of rotatable bonds is 4. The molecule has 0 atom stereocenters. The Morgan fingerprint density at radius 1 is 1.05 bits per heavy atom. The molecule has 1 aromatic rings. The predicted molar refractivity (Wildman–Crippen MR) is 58.1 cm³/mol. The monoisotopic (exact) mass is 303 g/mol. The molecule has 1 rings (SSSR count). The first kappa shape index (κ1) is 16.7. The van der Waals surface area contributed by atoms with E-state index in [1.54, 1.807) is 0 Å². The van der Waals surface area contributed by atoms with Crippen LogP contribution in [0.1, 0.15) is 22.5 Å². The maximum absolute atomic E-state index is 13.1. The summed E-state index contributed by atoms with van der Waals surface area (Å²) in [6.45, 7) is 2.63. The van der Waals surface area contributed by atoms with Crippen molar-refractivity contribution in [2.75, 3.05) is 0 Å². The van der Waals surface area contributed by atoms with Crippen molar-refractivity contribution in [1.29, 1.82) is 0 Å². The lowest BCUT2D eigenvalue weighted by molar-refractivity contribution is -0.131. The van der Waals surface area contributed by atoms with E-state index in [0.29, 0.717) is 0 Å². The number of pyridine rings is 1. The summed E-state index contributed by atoms with van der Waals surface area (Å²) in [6.07, 6.45) is -11.5. The molecule has 0 radical (unpaired) electrons. The third kappa shape index (κ3) is 4.35. The summed E-state index contributed by atoms with van der Waals surface area (Å²) in [5.74, 6) is -4.37. The summed E-state index contributed by atoms with van der Waals surface area (Å²) in [7, 11) is 0. The van der Waals surface area contributed by atoms with Crippen LogP contribution in [0.2, 0.25) is 0 Å². The number of aromatic nitrogens is 1. The van der Waals surface area contributed by atoms with Gasteiger partial charge in [0.25, 0.3) is 0 Å². The van der Waals surface area contributed by atoms with Crippen molar-refractivity contribution in [2.45, 2.75) is 45.2 Å². The van der Waals surface area contributed by atoms with E-state index in [0.717, 1.165) is 6.07 Å². The Hall–Kier alpha value is -1.34. The van der Waals surface area contributed by atoms with Crippen molar-refractivity contribution in [3.8, 4) is 0 Å². The van der Waals surface area contributed by atoms with Gasteiger partial charge in [-0.15, -0.1) is 0 Å². The highest BCUT2D eigenvalue weighted by atomic mass is 19.4. The molecule has 1 heterocycles. The average molecular weight is 303 g/mol. The Bertz CT molecular complexity index is 479. The van der Waals surface area contributed by atoms with Gasteiger partial charge in [-0.3, -0.25) is 4.98 Å². The molecule has 8 heteroatoms. The number of aryl methyl sites for hydroxylation is 2. The smallest absolute Gasteiger partial charge is 0.258 e. The molecular formula is C12H12F7N. The van der Waals surface area contributed by atoms with Crippen molar-refractivity contribution in [3.05, 3.63) is 28.6 Å². The van der Waals surface area contributed by atoms with Gasteiger partial charge < -0.3 is 0 Å². The van der Waals surface area contributed by atoms with Crippen LogP contribution in [0.4, 0.5) is 30.7 Å². The Labute approximate surface area is 110 Å². The summed E-state index contributed by atoms with van der Waals surface area (Å²) >= 11 is 0. The number of alkyl halides is 7. The Kier molecular flexibility index (Phi) is 4.66. The van der Waals surface area contributed by atoms with Gasteiger partial charge in [0.05, 0.1) is 6.42 Å². The molecule has 1 aromatic heterocycles. The largest absolute Gasteiger partial charge is 0.393 e. The summed E-state index contributed by atoms with van der Waals surface area (Å²) in [4.78, 5) is 3.76. The molecule has 20 heavy (non-hydrogen) atoms. The molecular weight excluding hydrogens is 291 g/mol. The minimum Gasteiger partial charge on any atom is -0.258 e. The van der Waals surface area contributed by atoms with Gasteiger partial charge in [-0.25, -0.2) is 8.78 Å². The summed E-state index contributed by atoms with van der Waals surface area (Å²) in [5, 5.41) is 0. The zero-order valence-electron chi connectivity index (χ0n) is 10.7. The molecule has 0 aliphatic carbocycles. The Morgan fingerprint density at radius 2 is 1.60 bits per heavy atom. The van der Waals surface area contributed by atoms with Gasteiger partial charge in [-0.05, 0) is 31.0 Å². The standard InChI is InChI=1S/C12H12F7N/c1-6-3-8(4-11(15,16)10(13)14)9(7(2)20-6)5-12(17,18)19/h3,10H,4-5H2,1-2H3. The highest BCUT2D eigenvalue weighted by Gasteiger charge is 2.42. The maximum Gasteiger partial charge on any atom is 0.393 e. The van der Waals surface area contributed by atoms with Gasteiger partial charge in [0.15, 0.2) is 0 Å². The van der Waals surface area contributed by atoms with Gasteiger partial charge in [0, 0.05) is 17.8 Å². The molecule has 0 saturated carbocycles. The highest BCUT2D eigenvalue weighted by molar-refractivity contribution is 5.34. The molecule has 0 aromatic carbocycles. The minimum absolute atomic E-state index is 0.0811. The molecule has 1 nitrogen and oxygen atoms in total. The second-order valence-corrected chi connectivity index (χ2v) is 4.52. The second kappa shape index (κ2) is 5.57. The van der Waals surface area contributed by atoms with Gasteiger partial charge in [0.2, 0.25) is 0 Å². The molecule has 0 aliphatic rings. The first-order valence-corrected chi connectivity index (χ1v) is 5.61. The number of nitrogens with zero attached hydrogens (tertiary/aromatic N) is 1. The van der Waals surface area contributed by atoms with Crippen LogP contribution < -0.4 is 0 Å². The van der Waals surface area contributed by atoms with E-state index in [2.05, 4.69) is 4.98 Å². The molecule has 0 aliphatic heterocycles. The van der Waals surface area contributed by atoms with Gasteiger partial charge in [-0.1, -0.05) is 0 Å². The normalized spacial score (nSPS) is 13.1. The van der Waals surface area contributed by atoms with Gasteiger partial charge in [0.1, 0.15) is 0 Å². The van der Waals surface area contributed by atoms with Crippen LogP contribution >= 0.6 is 0 Å². The molecule has 0 amide bonds. The Morgan fingerprint density at radius 3 is 2.05 bits per heavy atom. The summed E-state index contributed by atoms with van der Waals surface area (Å²) in [5.41, 5.74) is -0.795. The van der Waals surface area contributed by atoms with Crippen LogP contribution in [-0.2, 0) is 12.8 Å².